The van der Waals surface area contributed by atoms with Crippen LogP contribution < -0.4 is 16.4 Å². The smallest absolute Gasteiger partial charge is 0.251 e. The fraction of sp³-hybridized carbons (Fsp3) is 0.429. The molecule has 0 aromatic heterocycles. The molecule has 0 radical (unpaired) electrons. The minimum absolute atomic E-state index is 0.0921. The number of hydrogen-bond acceptors (Lipinski definition) is 3. The third kappa shape index (κ3) is 4.71. The molecular formula is C14H21N3O2. The maximum Gasteiger partial charge on any atom is 0.251 e. The van der Waals surface area contributed by atoms with E-state index in [1.54, 1.807) is 24.3 Å². The third-order valence-electron chi connectivity index (χ3n) is 2.61. The second-order valence-electron chi connectivity index (χ2n) is 4.71. The van der Waals surface area contributed by atoms with Crippen molar-refractivity contribution < 1.29 is 9.59 Å². The van der Waals surface area contributed by atoms with Crippen LogP contribution in [0.1, 0.15) is 37.6 Å². The topological polar surface area (TPSA) is 84.2 Å². The summed E-state index contributed by atoms with van der Waals surface area (Å²) in [6.07, 6.45) is 0.584. The molecule has 0 bridgehead atoms. The molecule has 0 saturated carbocycles. The van der Waals surface area contributed by atoms with Crippen LogP contribution in [0.3, 0.4) is 0 Å². The Morgan fingerprint density at radius 2 is 1.79 bits per heavy atom. The minimum atomic E-state index is -0.510. The predicted molar refractivity (Wildman–Crippen MR) is 75.9 cm³/mol. The van der Waals surface area contributed by atoms with Crippen molar-refractivity contribution in [3.8, 4) is 0 Å². The molecule has 0 aliphatic carbocycles. The number of benzene rings is 1. The first-order valence-electron chi connectivity index (χ1n) is 6.41. The van der Waals surface area contributed by atoms with Crippen LogP contribution in [0.25, 0.3) is 0 Å². The SMILES string of the molecule is CC[C@H](N)C(=O)Nc1ccc(C(=O)NC(C)C)cc1. The lowest BCUT2D eigenvalue weighted by Gasteiger charge is -2.11. The number of hydrogen-bond donors (Lipinski definition) is 3. The van der Waals surface area contributed by atoms with E-state index >= 15 is 0 Å². The largest absolute Gasteiger partial charge is 0.350 e. The lowest BCUT2D eigenvalue weighted by atomic mass is 10.1. The molecule has 0 aliphatic rings. The van der Waals surface area contributed by atoms with Gasteiger partial charge in [0.25, 0.3) is 5.91 Å². The lowest BCUT2D eigenvalue weighted by Crippen LogP contribution is -2.34. The minimum Gasteiger partial charge on any atom is -0.350 e. The number of nitrogens with two attached hydrogens (primary N) is 1. The number of carbonyl (C=O) groups excluding carboxylic acids is 2. The first-order valence-corrected chi connectivity index (χ1v) is 6.41. The molecule has 19 heavy (non-hydrogen) atoms. The van der Waals surface area contributed by atoms with Crippen LogP contribution in [-0.2, 0) is 4.79 Å². The van der Waals surface area contributed by atoms with Crippen molar-refractivity contribution in [1.29, 1.82) is 0 Å². The molecule has 0 saturated heterocycles. The Morgan fingerprint density at radius 3 is 2.26 bits per heavy atom. The van der Waals surface area contributed by atoms with E-state index in [1.807, 2.05) is 20.8 Å². The first kappa shape index (κ1) is 15.2. The molecule has 1 atom stereocenters. The quantitative estimate of drug-likeness (QED) is 0.752. The Labute approximate surface area is 113 Å². The van der Waals surface area contributed by atoms with E-state index in [4.69, 9.17) is 5.73 Å². The van der Waals surface area contributed by atoms with Crippen molar-refractivity contribution in [2.75, 3.05) is 5.32 Å². The summed E-state index contributed by atoms with van der Waals surface area (Å²) in [5.41, 5.74) is 6.82. The van der Waals surface area contributed by atoms with Gasteiger partial charge < -0.3 is 16.4 Å². The number of carbonyl (C=O) groups is 2. The van der Waals surface area contributed by atoms with Crippen LogP contribution in [0.4, 0.5) is 5.69 Å². The molecule has 104 valence electrons. The highest BCUT2D eigenvalue weighted by Crippen LogP contribution is 2.10. The molecule has 0 heterocycles. The summed E-state index contributed by atoms with van der Waals surface area (Å²) < 4.78 is 0. The normalized spacial score (nSPS) is 12.1. The fourth-order valence-corrected chi connectivity index (χ4v) is 1.47. The number of rotatable bonds is 5. The van der Waals surface area contributed by atoms with Crippen LogP contribution in [0.2, 0.25) is 0 Å². The summed E-state index contributed by atoms with van der Waals surface area (Å²) in [7, 11) is 0. The van der Waals surface area contributed by atoms with Crippen molar-refractivity contribution >= 4 is 17.5 Å². The van der Waals surface area contributed by atoms with Gasteiger partial charge >= 0.3 is 0 Å². The number of amides is 2. The highest BCUT2D eigenvalue weighted by atomic mass is 16.2. The van der Waals surface area contributed by atoms with Crippen molar-refractivity contribution in [1.82, 2.24) is 5.32 Å². The highest BCUT2D eigenvalue weighted by molar-refractivity contribution is 5.97. The Hall–Kier alpha value is -1.88. The van der Waals surface area contributed by atoms with Gasteiger partial charge in [0.05, 0.1) is 6.04 Å². The average molecular weight is 263 g/mol. The maximum absolute atomic E-state index is 11.7. The summed E-state index contributed by atoms with van der Waals surface area (Å²) in [5, 5.41) is 5.50. The molecule has 0 unspecified atom stereocenters. The maximum atomic E-state index is 11.7. The molecule has 4 N–H and O–H groups in total. The molecule has 5 nitrogen and oxygen atoms in total. The fourth-order valence-electron chi connectivity index (χ4n) is 1.47. The summed E-state index contributed by atoms with van der Waals surface area (Å²) in [6.45, 7) is 5.65. The van der Waals surface area contributed by atoms with E-state index in [0.29, 0.717) is 17.7 Å². The van der Waals surface area contributed by atoms with Gasteiger partial charge in [-0.3, -0.25) is 9.59 Å². The van der Waals surface area contributed by atoms with E-state index in [-0.39, 0.29) is 17.9 Å². The van der Waals surface area contributed by atoms with Crippen LogP contribution in [0.5, 0.6) is 0 Å². The molecule has 0 fully saturated rings. The Kier molecular flexibility index (Phi) is 5.51. The van der Waals surface area contributed by atoms with Crippen molar-refractivity contribution in [3.05, 3.63) is 29.8 Å². The molecule has 1 rings (SSSR count). The third-order valence-corrected chi connectivity index (χ3v) is 2.61. The predicted octanol–water partition coefficient (Wildman–Crippen LogP) is 1.50. The molecule has 2 amide bonds. The highest BCUT2D eigenvalue weighted by Gasteiger charge is 2.11. The zero-order valence-corrected chi connectivity index (χ0v) is 11.6. The van der Waals surface area contributed by atoms with E-state index in [1.165, 1.54) is 0 Å². The number of nitrogens with one attached hydrogen (secondary N) is 2. The molecule has 1 aromatic rings. The second kappa shape index (κ2) is 6.89. The monoisotopic (exact) mass is 263 g/mol. The van der Waals surface area contributed by atoms with E-state index in [9.17, 15) is 9.59 Å². The van der Waals surface area contributed by atoms with E-state index in [0.717, 1.165) is 0 Å². The van der Waals surface area contributed by atoms with Gasteiger partial charge in [0, 0.05) is 17.3 Å². The summed E-state index contributed by atoms with van der Waals surface area (Å²) in [4.78, 5) is 23.3. The zero-order chi connectivity index (χ0) is 14.4. The average Bonchev–Trinajstić information content (AvgIpc) is 2.37. The molecule has 0 aliphatic heterocycles. The Balaban J connectivity index is 2.66. The van der Waals surface area contributed by atoms with Gasteiger partial charge in [-0.25, -0.2) is 0 Å². The van der Waals surface area contributed by atoms with Crippen LogP contribution in [0, 0.1) is 0 Å². The van der Waals surface area contributed by atoms with Gasteiger partial charge in [-0.1, -0.05) is 6.92 Å². The van der Waals surface area contributed by atoms with Gasteiger partial charge in [0.1, 0.15) is 0 Å². The Bertz CT molecular complexity index is 441. The van der Waals surface area contributed by atoms with Crippen molar-refractivity contribution in [2.45, 2.75) is 39.3 Å². The van der Waals surface area contributed by atoms with Gasteiger partial charge in [-0.15, -0.1) is 0 Å². The van der Waals surface area contributed by atoms with Crippen molar-refractivity contribution in [3.63, 3.8) is 0 Å². The van der Waals surface area contributed by atoms with Crippen LogP contribution >= 0.6 is 0 Å². The number of anilines is 1. The van der Waals surface area contributed by atoms with Gasteiger partial charge in [-0.2, -0.15) is 0 Å². The first-order chi connectivity index (χ1) is 8.93. The van der Waals surface area contributed by atoms with E-state index < -0.39 is 6.04 Å². The summed E-state index contributed by atoms with van der Waals surface area (Å²) in [6, 6.07) is 6.30. The molecular weight excluding hydrogens is 242 g/mol. The zero-order valence-electron chi connectivity index (χ0n) is 11.6. The summed E-state index contributed by atoms with van der Waals surface area (Å²) in [5.74, 6) is -0.347. The van der Waals surface area contributed by atoms with Crippen LogP contribution in [-0.4, -0.2) is 23.9 Å². The van der Waals surface area contributed by atoms with Crippen LogP contribution in [0.15, 0.2) is 24.3 Å². The lowest BCUT2D eigenvalue weighted by molar-refractivity contribution is -0.117. The molecule has 0 spiro atoms. The molecule has 1 aromatic carbocycles. The van der Waals surface area contributed by atoms with Gasteiger partial charge in [0.15, 0.2) is 0 Å². The standard InChI is InChI=1S/C14H21N3O2/c1-4-12(15)14(19)17-11-7-5-10(6-8-11)13(18)16-9(2)3/h5-9,12H,4,15H2,1-3H3,(H,16,18)(H,17,19)/t12-/m0/s1. The van der Waals surface area contributed by atoms with Gasteiger partial charge in [0.2, 0.25) is 5.91 Å². The molecule has 5 heteroatoms. The van der Waals surface area contributed by atoms with Gasteiger partial charge in [-0.05, 0) is 44.5 Å². The second-order valence-corrected chi connectivity index (χ2v) is 4.71. The van der Waals surface area contributed by atoms with Crippen molar-refractivity contribution in [2.24, 2.45) is 5.73 Å². The van der Waals surface area contributed by atoms with E-state index in [2.05, 4.69) is 10.6 Å². The summed E-state index contributed by atoms with van der Waals surface area (Å²) >= 11 is 0. The Morgan fingerprint density at radius 1 is 1.21 bits per heavy atom.